The number of pyridine rings is 1. The first-order chi connectivity index (χ1) is 13.6. The van der Waals surface area contributed by atoms with Crippen molar-refractivity contribution in [1.29, 1.82) is 0 Å². The summed E-state index contributed by atoms with van der Waals surface area (Å²) < 4.78 is 6.42. The Morgan fingerprint density at radius 3 is 2.54 bits per heavy atom. The van der Waals surface area contributed by atoms with E-state index in [1.54, 1.807) is 24.5 Å². The molecule has 4 rings (SSSR count). The largest absolute Gasteiger partial charge is 0.393 e. The molecule has 0 unspecified atom stereocenters. The maximum absolute atomic E-state index is 12.6. The zero-order valence-electron chi connectivity index (χ0n) is 16.9. The second-order valence-corrected chi connectivity index (χ2v) is 8.72. The summed E-state index contributed by atoms with van der Waals surface area (Å²) in [6.07, 6.45) is 9.98. The number of hydrogen-bond donors (Lipinski definition) is 1. The van der Waals surface area contributed by atoms with Crippen LogP contribution in [0.4, 0.5) is 0 Å². The van der Waals surface area contributed by atoms with Gasteiger partial charge in [-0.1, -0.05) is 6.92 Å². The summed E-state index contributed by atoms with van der Waals surface area (Å²) in [7, 11) is 0. The predicted octanol–water partition coefficient (Wildman–Crippen LogP) is 2.47. The molecule has 6 nitrogen and oxygen atoms in total. The fourth-order valence-electron chi connectivity index (χ4n) is 5.25. The van der Waals surface area contributed by atoms with Crippen LogP contribution in [0, 0.1) is 0 Å². The monoisotopic (exact) mass is 387 g/mol. The van der Waals surface area contributed by atoms with Crippen molar-refractivity contribution in [2.45, 2.75) is 75.7 Å². The van der Waals surface area contributed by atoms with Crippen molar-refractivity contribution < 1.29 is 14.6 Å². The number of aliphatic hydroxyl groups is 1. The molecule has 0 saturated carbocycles. The molecule has 1 aromatic rings. The van der Waals surface area contributed by atoms with Gasteiger partial charge >= 0.3 is 0 Å². The summed E-state index contributed by atoms with van der Waals surface area (Å²) in [5.41, 5.74) is 0.610. The van der Waals surface area contributed by atoms with E-state index in [0.717, 1.165) is 76.7 Å². The zero-order valence-corrected chi connectivity index (χ0v) is 16.9. The summed E-state index contributed by atoms with van der Waals surface area (Å²) in [4.78, 5) is 21.2. The van der Waals surface area contributed by atoms with Gasteiger partial charge in [0.1, 0.15) is 0 Å². The lowest BCUT2D eigenvalue weighted by Gasteiger charge is -2.50. The zero-order chi connectivity index (χ0) is 19.6. The molecule has 28 heavy (non-hydrogen) atoms. The molecular formula is C22H33N3O3. The molecule has 0 aromatic carbocycles. The fourth-order valence-corrected chi connectivity index (χ4v) is 5.25. The van der Waals surface area contributed by atoms with Crippen LogP contribution in [0.25, 0.3) is 0 Å². The minimum atomic E-state index is -0.215. The van der Waals surface area contributed by atoms with E-state index in [9.17, 15) is 9.90 Å². The van der Waals surface area contributed by atoms with E-state index in [1.807, 2.05) is 4.90 Å². The molecular weight excluding hydrogens is 354 g/mol. The van der Waals surface area contributed by atoms with E-state index in [-0.39, 0.29) is 23.7 Å². The molecule has 3 aliphatic heterocycles. The highest BCUT2D eigenvalue weighted by atomic mass is 16.5. The van der Waals surface area contributed by atoms with Gasteiger partial charge < -0.3 is 19.6 Å². The van der Waals surface area contributed by atoms with Crippen LogP contribution in [-0.4, -0.2) is 75.8 Å². The first kappa shape index (κ1) is 19.8. The van der Waals surface area contributed by atoms with Gasteiger partial charge in [-0.15, -0.1) is 0 Å². The average Bonchev–Trinajstić information content (AvgIpc) is 2.74. The maximum atomic E-state index is 12.6. The Hall–Kier alpha value is -1.50. The molecule has 2 atom stereocenters. The number of piperidine rings is 2. The molecule has 6 heteroatoms. The smallest absolute Gasteiger partial charge is 0.253 e. The van der Waals surface area contributed by atoms with Crippen LogP contribution in [-0.2, 0) is 4.74 Å². The molecule has 154 valence electrons. The summed E-state index contributed by atoms with van der Waals surface area (Å²) in [6.45, 7) is 5.85. The van der Waals surface area contributed by atoms with E-state index < -0.39 is 0 Å². The van der Waals surface area contributed by atoms with Crippen LogP contribution in [0.3, 0.4) is 0 Å². The summed E-state index contributed by atoms with van der Waals surface area (Å²) in [5, 5.41) is 10.3. The first-order valence-electron chi connectivity index (χ1n) is 10.9. The van der Waals surface area contributed by atoms with Gasteiger partial charge in [-0.05, 0) is 50.7 Å². The highest BCUT2D eigenvalue weighted by Crippen LogP contribution is 2.39. The molecule has 1 aromatic heterocycles. The van der Waals surface area contributed by atoms with Gasteiger partial charge in [0.2, 0.25) is 0 Å². The molecule has 3 aliphatic rings. The Balaban J connectivity index is 1.28. The fraction of sp³-hybridized carbons (Fsp3) is 0.727. The SMILES string of the molecule is CC[C@H]1C[C@@H](O)CC2(CCN(C3CCN(C(=O)c4ccncc4)CC3)CC2)O1. The number of nitrogens with zero attached hydrogens (tertiary/aromatic N) is 3. The summed E-state index contributed by atoms with van der Waals surface area (Å²) in [6, 6.07) is 4.13. The molecule has 0 bridgehead atoms. The second-order valence-electron chi connectivity index (χ2n) is 8.72. The lowest BCUT2D eigenvalue weighted by molar-refractivity contribution is -0.184. The maximum Gasteiger partial charge on any atom is 0.253 e. The number of amides is 1. The van der Waals surface area contributed by atoms with Crippen LogP contribution in [0.1, 0.15) is 62.2 Å². The van der Waals surface area contributed by atoms with Crippen LogP contribution in [0.5, 0.6) is 0 Å². The minimum Gasteiger partial charge on any atom is -0.393 e. The number of carbonyl (C=O) groups excluding carboxylic acids is 1. The molecule has 3 saturated heterocycles. The average molecular weight is 388 g/mol. The third kappa shape index (κ3) is 4.24. The van der Waals surface area contributed by atoms with E-state index in [0.29, 0.717) is 6.04 Å². The third-order valence-corrected chi connectivity index (χ3v) is 6.92. The Kier molecular flexibility index (Phi) is 5.99. The molecule has 1 spiro atoms. The number of hydrogen-bond acceptors (Lipinski definition) is 5. The quantitative estimate of drug-likeness (QED) is 0.863. The third-order valence-electron chi connectivity index (χ3n) is 6.92. The Bertz CT molecular complexity index is 652. The number of likely N-dealkylation sites (tertiary alicyclic amines) is 2. The summed E-state index contributed by atoms with van der Waals surface area (Å²) >= 11 is 0. The number of aromatic nitrogens is 1. The highest BCUT2D eigenvalue weighted by Gasteiger charge is 2.44. The van der Waals surface area contributed by atoms with E-state index in [4.69, 9.17) is 4.74 Å². The highest BCUT2D eigenvalue weighted by molar-refractivity contribution is 5.94. The van der Waals surface area contributed by atoms with Crippen molar-refractivity contribution >= 4 is 5.91 Å². The van der Waals surface area contributed by atoms with Gasteiger partial charge in [0.15, 0.2) is 0 Å². The number of carbonyl (C=O) groups is 1. The van der Waals surface area contributed by atoms with E-state index >= 15 is 0 Å². The van der Waals surface area contributed by atoms with Crippen LogP contribution < -0.4 is 0 Å². The van der Waals surface area contributed by atoms with Crippen molar-refractivity contribution in [3.05, 3.63) is 30.1 Å². The number of aliphatic hydroxyl groups excluding tert-OH is 1. The topological polar surface area (TPSA) is 65.9 Å². The molecule has 0 aliphatic carbocycles. The van der Waals surface area contributed by atoms with Crippen molar-refractivity contribution in [1.82, 2.24) is 14.8 Å². The van der Waals surface area contributed by atoms with Gasteiger partial charge in [-0.3, -0.25) is 9.78 Å². The van der Waals surface area contributed by atoms with Crippen LogP contribution in [0.2, 0.25) is 0 Å². The molecule has 3 fully saturated rings. The lowest BCUT2D eigenvalue weighted by atomic mass is 9.81. The van der Waals surface area contributed by atoms with Gasteiger partial charge in [0.25, 0.3) is 5.91 Å². The Labute approximate surface area is 167 Å². The Morgan fingerprint density at radius 2 is 1.89 bits per heavy atom. The van der Waals surface area contributed by atoms with Gasteiger partial charge in [0.05, 0.1) is 17.8 Å². The standard InChI is InChI=1S/C22H33N3O3/c1-2-20-15-19(26)16-22(28-20)7-13-24(14-8-22)18-5-11-25(12-6-18)21(27)17-3-9-23-10-4-17/h3-4,9-10,18-20,26H,2,5-8,11-16H2,1H3/t19-,20+/m1/s1. The lowest BCUT2D eigenvalue weighted by Crippen LogP contribution is -2.56. The van der Waals surface area contributed by atoms with Gasteiger partial charge in [0, 0.05) is 56.6 Å². The normalized spacial score (nSPS) is 29.1. The van der Waals surface area contributed by atoms with E-state index in [2.05, 4.69) is 16.8 Å². The molecule has 1 amide bonds. The number of rotatable bonds is 3. The van der Waals surface area contributed by atoms with Crippen molar-refractivity contribution in [2.24, 2.45) is 0 Å². The van der Waals surface area contributed by atoms with Crippen LogP contribution in [0.15, 0.2) is 24.5 Å². The predicted molar refractivity (Wildman–Crippen MR) is 107 cm³/mol. The minimum absolute atomic E-state index is 0.118. The molecule has 0 radical (unpaired) electrons. The molecule has 4 heterocycles. The van der Waals surface area contributed by atoms with Gasteiger partial charge in [-0.2, -0.15) is 0 Å². The van der Waals surface area contributed by atoms with Crippen molar-refractivity contribution in [3.8, 4) is 0 Å². The van der Waals surface area contributed by atoms with Crippen molar-refractivity contribution in [3.63, 3.8) is 0 Å². The first-order valence-corrected chi connectivity index (χ1v) is 10.9. The van der Waals surface area contributed by atoms with Gasteiger partial charge in [-0.25, -0.2) is 0 Å². The van der Waals surface area contributed by atoms with Crippen molar-refractivity contribution in [2.75, 3.05) is 26.2 Å². The van der Waals surface area contributed by atoms with E-state index in [1.165, 1.54) is 0 Å². The van der Waals surface area contributed by atoms with Crippen LogP contribution >= 0.6 is 0 Å². The number of ether oxygens (including phenoxy) is 1. The second kappa shape index (κ2) is 8.47. The molecule has 1 N–H and O–H groups in total. The summed E-state index contributed by atoms with van der Waals surface area (Å²) in [5.74, 6) is 0.119. The Morgan fingerprint density at radius 1 is 1.21 bits per heavy atom.